The Kier molecular flexibility index (Phi) is 5.40. The number of para-hydroxylation sites is 8. The Hall–Kier alpha value is -7.44. The molecule has 0 bridgehead atoms. The maximum atomic E-state index is 9.09. The Morgan fingerprint density at radius 3 is 1.13 bits per heavy atom. The molecular formula is C49H34N6. The molecule has 6 nitrogen and oxygen atoms in total. The van der Waals surface area contributed by atoms with E-state index >= 15 is 0 Å². The lowest BCUT2D eigenvalue weighted by Gasteiger charge is -2.43. The monoisotopic (exact) mass is 710 g/mol. The maximum Gasteiger partial charge on any atom is 0.282 e. The van der Waals surface area contributed by atoms with Crippen LogP contribution in [0.1, 0.15) is 5.48 Å². The fourth-order valence-electron chi connectivity index (χ4n) is 8.99. The molecule has 1 spiro atoms. The molecular weight excluding hydrogens is 673 g/mol. The molecule has 0 saturated heterocycles. The molecule has 55 heavy (non-hydrogen) atoms. The molecule has 0 radical (unpaired) electrons. The van der Waals surface area contributed by atoms with Gasteiger partial charge in [0.05, 0.1) is 50.3 Å². The summed E-state index contributed by atoms with van der Waals surface area (Å²) in [6.45, 7) is 0. The molecule has 260 valence electrons. The van der Waals surface area contributed by atoms with Crippen molar-refractivity contribution in [2.45, 2.75) is 5.91 Å². The minimum atomic E-state index is -1.35. The van der Waals surface area contributed by atoms with Crippen molar-refractivity contribution in [3.8, 4) is 11.4 Å². The van der Waals surface area contributed by atoms with E-state index in [9.17, 15) is 0 Å². The van der Waals surface area contributed by atoms with Crippen LogP contribution in [-0.2, 0) is 0 Å². The summed E-state index contributed by atoms with van der Waals surface area (Å²) in [7, 11) is 0. The second-order valence-electron chi connectivity index (χ2n) is 14.1. The van der Waals surface area contributed by atoms with Crippen LogP contribution in [0.15, 0.2) is 194 Å². The number of anilines is 6. The summed E-state index contributed by atoms with van der Waals surface area (Å²) in [6.07, 6.45) is 0. The zero-order chi connectivity index (χ0) is 39.6. The summed E-state index contributed by atoms with van der Waals surface area (Å²) in [5, 5.41) is 12.0. The molecule has 0 atom stereocenters. The third-order valence-electron chi connectivity index (χ3n) is 11.1. The molecule has 2 aliphatic heterocycles. The molecule has 6 heteroatoms. The van der Waals surface area contributed by atoms with Gasteiger partial charge in [-0.3, -0.25) is 9.80 Å². The van der Waals surface area contributed by atoms with Crippen LogP contribution in [0.5, 0.6) is 0 Å². The topological polar surface area (TPSA) is 40.4 Å². The van der Waals surface area contributed by atoms with E-state index < -0.39 is 5.91 Å². The highest BCUT2D eigenvalue weighted by atomic mass is 15.7. The first-order valence-electron chi connectivity index (χ1n) is 20.5. The normalized spacial score (nSPS) is 15.2. The van der Waals surface area contributed by atoms with E-state index in [0.717, 1.165) is 56.2 Å². The molecule has 0 saturated carbocycles. The predicted octanol–water partition coefficient (Wildman–Crippen LogP) is 12.3. The highest BCUT2D eigenvalue weighted by molar-refractivity contribution is 6.10. The first-order valence-corrected chi connectivity index (χ1v) is 18.5. The van der Waals surface area contributed by atoms with Gasteiger partial charge in [0.25, 0.3) is 5.91 Å². The lowest BCUT2D eigenvalue weighted by Crippen LogP contribution is -2.62. The van der Waals surface area contributed by atoms with E-state index in [1.54, 1.807) is 0 Å². The van der Waals surface area contributed by atoms with Crippen molar-refractivity contribution >= 4 is 77.7 Å². The van der Waals surface area contributed by atoms with Gasteiger partial charge in [0.2, 0.25) is 0 Å². The standard InChI is InChI=1S/C49H34N6/c1-7-25-43-37(19-1)38-20-2-8-26-44(38)52(43)33-15-13-17-35(31-33)54-47-29-11-12-30-48(47)55(49(54)50-41-23-5-6-24-42(41)51-49)36-18-14-16-34(32-36)53-45-27-9-3-21-39(45)40-22-4-10-28-46(40)53/h1-32,50-51H/i5D,6D,23D,24D. The SMILES string of the molecule is [2H]c1c([2H])c([2H])c2c(c1[2H])NC1(N2)N(c2cccc(-n3c4ccccc4c4ccccc43)c2)c2ccccc2N1c1cccc(-n2c3ccccc3c3ccccc32)c1. The average molecular weight is 711 g/mol. The Morgan fingerprint density at radius 1 is 0.382 bits per heavy atom. The summed E-state index contributed by atoms with van der Waals surface area (Å²) >= 11 is 0. The van der Waals surface area contributed by atoms with Gasteiger partial charge in [0.1, 0.15) is 0 Å². The van der Waals surface area contributed by atoms with Gasteiger partial charge in [-0.05, 0) is 84.9 Å². The molecule has 2 aromatic heterocycles. The van der Waals surface area contributed by atoms with E-state index in [1.165, 1.54) is 21.5 Å². The highest BCUT2D eigenvalue weighted by Crippen LogP contribution is 2.56. The van der Waals surface area contributed by atoms with Gasteiger partial charge in [0, 0.05) is 44.3 Å². The number of benzene rings is 8. The minimum absolute atomic E-state index is 0.140. The van der Waals surface area contributed by atoms with Gasteiger partial charge in [-0.2, -0.15) is 0 Å². The van der Waals surface area contributed by atoms with Crippen molar-refractivity contribution < 1.29 is 5.48 Å². The van der Waals surface area contributed by atoms with Crippen LogP contribution in [-0.4, -0.2) is 15.0 Å². The van der Waals surface area contributed by atoms with Crippen LogP contribution in [0.3, 0.4) is 0 Å². The van der Waals surface area contributed by atoms with Crippen LogP contribution in [0, 0.1) is 0 Å². The van der Waals surface area contributed by atoms with E-state index in [4.69, 9.17) is 5.48 Å². The number of fused-ring (bicyclic) bond motifs is 8. The molecule has 0 aliphatic carbocycles. The van der Waals surface area contributed by atoms with Gasteiger partial charge >= 0.3 is 0 Å². The lowest BCUT2D eigenvalue weighted by atomic mass is 10.2. The number of hydrogen-bond donors (Lipinski definition) is 2. The van der Waals surface area contributed by atoms with Crippen molar-refractivity contribution in [2.75, 3.05) is 20.4 Å². The van der Waals surface area contributed by atoms with Gasteiger partial charge in [-0.25, -0.2) is 0 Å². The van der Waals surface area contributed by atoms with Crippen molar-refractivity contribution in [1.82, 2.24) is 9.13 Å². The summed E-state index contributed by atoms with van der Waals surface area (Å²) in [6, 6.07) is 58.1. The Balaban J connectivity index is 1.10. The van der Waals surface area contributed by atoms with Crippen molar-refractivity contribution in [3.63, 3.8) is 0 Å². The average Bonchev–Trinajstić information content (AvgIpc) is 4.01. The Labute approximate surface area is 323 Å². The van der Waals surface area contributed by atoms with Crippen LogP contribution < -0.4 is 20.4 Å². The number of aromatic nitrogens is 2. The van der Waals surface area contributed by atoms with E-state index in [2.05, 4.69) is 187 Å². The smallest absolute Gasteiger partial charge is 0.282 e. The Morgan fingerprint density at radius 2 is 0.727 bits per heavy atom. The zero-order valence-electron chi connectivity index (χ0n) is 33.5. The second-order valence-corrected chi connectivity index (χ2v) is 14.1. The summed E-state index contributed by atoms with van der Waals surface area (Å²) < 4.78 is 40.1. The quantitative estimate of drug-likeness (QED) is 0.191. The third-order valence-corrected chi connectivity index (χ3v) is 11.1. The van der Waals surface area contributed by atoms with Crippen molar-refractivity contribution in [2.24, 2.45) is 0 Å². The van der Waals surface area contributed by atoms with Crippen LogP contribution >= 0.6 is 0 Å². The number of nitrogens with one attached hydrogen (secondary N) is 2. The molecule has 10 aromatic rings. The van der Waals surface area contributed by atoms with Gasteiger partial charge < -0.3 is 19.8 Å². The van der Waals surface area contributed by atoms with Crippen molar-refractivity contribution in [3.05, 3.63) is 194 Å². The zero-order valence-corrected chi connectivity index (χ0v) is 29.5. The van der Waals surface area contributed by atoms with Crippen molar-refractivity contribution in [1.29, 1.82) is 0 Å². The highest BCUT2D eigenvalue weighted by Gasteiger charge is 2.55. The van der Waals surface area contributed by atoms with Crippen LogP contribution in [0.25, 0.3) is 55.0 Å². The second kappa shape index (κ2) is 11.3. The Bertz CT molecular complexity index is 3060. The first-order chi connectivity index (χ1) is 28.9. The number of rotatable bonds is 4. The molecule has 0 amide bonds. The predicted molar refractivity (Wildman–Crippen MR) is 229 cm³/mol. The summed E-state index contributed by atoms with van der Waals surface area (Å²) in [5.41, 5.74) is 10.4. The maximum absolute atomic E-state index is 9.09. The third kappa shape index (κ3) is 4.19. The molecule has 0 fully saturated rings. The molecule has 12 rings (SSSR count). The number of nitrogens with zero attached hydrogens (tertiary/aromatic N) is 4. The van der Waals surface area contributed by atoms with Gasteiger partial charge in [-0.1, -0.05) is 109 Å². The summed E-state index contributed by atoms with van der Waals surface area (Å²) in [5.74, 6) is -1.35. The molecule has 4 heterocycles. The molecule has 2 aliphatic rings. The van der Waals surface area contributed by atoms with Gasteiger partial charge in [-0.15, -0.1) is 0 Å². The fraction of sp³-hybridized carbons (Fsp3) is 0.0204. The van der Waals surface area contributed by atoms with E-state index in [1.807, 2.05) is 12.1 Å². The lowest BCUT2D eigenvalue weighted by molar-refractivity contribution is 0.590. The van der Waals surface area contributed by atoms with Crippen LogP contribution in [0.2, 0.25) is 0 Å². The van der Waals surface area contributed by atoms with Crippen LogP contribution in [0.4, 0.5) is 34.1 Å². The largest absolute Gasteiger partial charge is 0.325 e. The number of hydrogen-bond acceptors (Lipinski definition) is 4. The fourth-order valence-corrected chi connectivity index (χ4v) is 8.99. The summed E-state index contributed by atoms with van der Waals surface area (Å²) in [4.78, 5) is 4.36. The molecule has 2 N–H and O–H groups in total. The first kappa shape index (κ1) is 26.3. The van der Waals surface area contributed by atoms with E-state index in [0.29, 0.717) is 11.4 Å². The van der Waals surface area contributed by atoms with Gasteiger partial charge in [0.15, 0.2) is 0 Å². The van der Waals surface area contributed by atoms with E-state index in [-0.39, 0.29) is 24.2 Å². The minimum Gasteiger partial charge on any atom is -0.325 e. The molecule has 8 aromatic carbocycles. The molecule has 0 unspecified atom stereocenters.